The van der Waals surface area contributed by atoms with Gasteiger partial charge in [-0.3, -0.25) is 0 Å². The molecule has 2 aromatic rings. The van der Waals surface area contributed by atoms with Gasteiger partial charge in [-0.1, -0.05) is 12.1 Å². The summed E-state index contributed by atoms with van der Waals surface area (Å²) < 4.78 is 11.4. The van der Waals surface area contributed by atoms with Crippen molar-refractivity contribution in [2.75, 3.05) is 20.2 Å². The number of amides is 2. The summed E-state index contributed by atoms with van der Waals surface area (Å²) in [5.74, 6) is 1.47. The topological polar surface area (TPSA) is 50.8 Å². The Balaban J connectivity index is 1.47. The lowest BCUT2D eigenvalue weighted by molar-refractivity contribution is 0.0904. The molecule has 0 aliphatic carbocycles. The van der Waals surface area contributed by atoms with Crippen molar-refractivity contribution in [1.82, 2.24) is 10.2 Å². The van der Waals surface area contributed by atoms with Crippen LogP contribution in [0.5, 0.6) is 11.5 Å². The van der Waals surface area contributed by atoms with E-state index < -0.39 is 0 Å². The van der Waals surface area contributed by atoms with Gasteiger partial charge in [-0.15, -0.1) is 0 Å². The quantitative estimate of drug-likeness (QED) is 0.943. The van der Waals surface area contributed by atoms with Crippen LogP contribution in [0.1, 0.15) is 5.56 Å². The number of hydrogen-bond acceptors (Lipinski definition) is 4. The Bertz CT molecular complexity index is 630. The third kappa shape index (κ3) is 3.51. The van der Waals surface area contributed by atoms with Gasteiger partial charge in [-0.05, 0) is 34.5 Å². The molecule has 1 aromatic heterocycles. The van der Waals surface area contributed by atoms with Crippen molar-refractivity contribution < 1.29 is 14.3 Å². The van der Waals surface area contributed by atoms with Gasteiger partial charge in [0.05, 0.1) is 6.54 Å². The highest BCUT2D eigenvalue weighted by Crippen LogP contribution is 2.30. The van der Waals surface area contributed by atoms with E-state index >= 15 is 0 Å². The Kier molecular flexibility index (Phi) is 4.48. The van der Waals surface area contributed by atoms with E-state index in [2.05, 4.69) is 5.32 Å². The second kappa shape index (κ2) is 6.70. The highest BCUT2D eigenvalue weighted by Gasteiger charge is 2.21. The van der Waals surface area contributed by atoms with Crippen LogP contribution >= 0.6 is 11.3 Å². The second-order valence-corrected chi connectivity index (χ2v) is 5.95. The smallest absolute Gasteiger partial charge is 0.317 e. The van der Waals surface area contributed by atoms with Crippen molar-refractivity contribution in [2.45, 2.75) is 12.6 Å². The number of hydrogen-bond donors (Lipinski definition) is 1. The van der Waals surface area contributed by atoms with Gasteiger partial charge < -0.3 is 19.7 Å². The average Bonchev–Trinajstić information content (AvgIpc) is 3.05. The fraction of sp³-hybridized carbons (Fsp3) is 0.312. The zero-order valence-electron chi connectivity index (χ0n) is 12.3. The first-order valence-electron chi connectivity index (χ1n) is 7.11. The number of rotatable bonds is 4. The summed E-state index contributed by atoms with van der Waals surface area (Å²) in [6, 6.07) is 9.45. The van der Waals surface area contributed by atoms with Gasteiger partial charge in [-0.2, -0.15) is 11.3 Å². The van der Waals surface area contributed by atoms with Crippen LogP contribution in [0, 0.1) is 0 Å². The summed E-state index contributed by atoms with van der Waals surface area (Å²) in [6.45, 7) is 1.45. The van der Waals surface area contributed by atoms with Crippen molar-refractivity contribution in [2.24, 2.45) is 0 Å². The van der Waals surface area contributed by atoms with Crippen molar-refractivity contribution >= 4 is 17.4 Å². The summed E-state index contributed by atoms with van der Waals surface area (Å²) in [7, 11) is 1.78. The van der Waals surface area contributed by atoms with E-state index in [9.17, 15) is 4.79 Å². The van der Waals surface area contributed by atoms with Crippen LogP contribution in [0.4, 0.5) is 4.79 Å². The Morgan fingerprint density at radius 2 is 2.18 bits per heavy atom. The number of nitrogens with zero attached hydrogens (tertiary/aromatic N) is 1. The van der Waals surface area contributed by atoms with Gasteiger partial charge in [0.1, 0.15) is 6.61 Å². The molecule has 6 heteroatoms. The number of fused-ring (bicyclic) bond motifs is 1. The number of urea groups is 1. The monoisotopic (exact) mass is 318 g/mol. The molecule has 1 atom stereocenters. The molecule has 1 aliphatic heterocycles. The fourth-order valence-corrected chi connectivity index (χ4v) is 2.89. The normalized spacial score (nSPS) is 16.1. The van der Waals surface area contributed by atoms with Gasteiger partial charge in [-0.25, -0.2) is 4.79 Å². The molecule has 116 valence electrons. The molecular weight excluding hydrogens is 300 g/mol. The summed E-state index contributed by atoms with van der Waals surface area (Å²) in [6.07, 6.45) is -0.173. The predicted molar refractivity (Wildman–Crippen MR) is 85.5 cm³/mol. The summed E-state index contributed by atoms with van der Waals surface area (Å²) >= 11 is 1.63. The second-order valence-electron chi connectivity index (χ2n) is 5.17. The van der Waals surface area contributed by atoms with Crippen molar-refractivity contribution in [3.63, 3.8) is 0 Å². The molecule has 3 rings (SSSR count). The molecule has 0 unspecified atom stereocenters. The maximum atomic E-state index is 12.1. The molecule has 0 fully saturated rings. The molecule has 5 nitrogen and oxygen atoms in total. The van der Waals surface area contributed by atoms with Crippen molar-refractivity contribution in [1.29, 1.82) is 0 Å². The lowest BCUT2D eigenvalue weighted by Crippen LogP contribution is -2.44. The molecule has 2 amide bonds. The zero-order chi connectivity index (χ0) is 15.4. The maximum absolute atomic E-state index is 12.1. The van der Waals surface area contributed by atoms with E-state index in [1.165, 1.54) is 0 Å². The van der Waals surface area contributed by atoms with Crippen LogP contribution in [0.25, 0.3) is 0 Å². The SMILES string of the molecule is CN(Cc1ccsc1)C(=O)NC[C@@H]1COc2ccccc2O1. The Morgan fingerprint density at radius 1 is 1.36 bits per heavy atom. The minimum Gasteiger partial charge on any atom is -0.486 e. The number of thiophene rings is 1. The molecule has 1 aliphatic rings. The summed E-state index contributed by atoms with van der Waals surface area (Å²) in [4.78, 5) is 13.7. The van der Waals surface area contributed by atoms with Crippen LogP contribution in [0.15, 0.2) is 41.1 Å². The van der Waals surface area contributed by atoms with Crippen LogP contribution in [0.2, 0.25) is 0 Å². The van der Waals surface area contributed by atoms with Crippen molar-refractivity contribution in [3.8, 4) is 11.5 Å². The Labute approximate surface area is 133 Å². The highest BCUT2D eigenvalue weighted by atomic mass is 32.1. The standard InChI is InChI=1S/C16H18N2O3S/c1-18(9-12-6-7-22-11-12)16(19)17-8-13-10-20-14-4-2-3-5-15(14)21-13/h2-7,11,13H,8-10H2,1H3,(H,17,19)/t13-/m1/s1. The first-order valence-corrected chi connectivity index (χ1v) is 8.05. The van der Waals surface area contributed by atoms with Crippen LogP contribution in [0.3, 0.4) is 0 Å². The summed E-state index contributed by atoms with van der Waals surface area (Å²) in [5, 5.41) is 6.93. The van der Waals surface area contributed by atoms with Gasteiger partial charge >= 0.3 is 6.03 Å². The lowest BCUT2D eigenvalue weighted by Gasteiger charge is -2.27. The third-order valence-corrected chi connectivity index (χ3v) is 4.13. The van der Waals surface area contributed by atoms with Gasteiger partial charge in [0, 0.05) is 13.6 Å². The van der Waals surface area contributed by atoms with Crippen LogP contribution in [-0.2, 0) is 6.54 Å². The number of para-hydroxylation sites is 2. The van der Waals surface area contributed by atoms with Gasteiger partial charge in [0.2, 0.25) is 0 Å². The molecule has 0 saturated heterocycles. The first kappa shape index (κ1) is 14.7. The Hall–Kier alpha value is -2.21. The first-order chi connectivity index (χ1) is 10.7. The largest absolute Gasteiger partial charge is 0.486 e. The van der Waals surface area contributed by atoms with E-state index in [1.54, 1.807) is 23.3 Å². The fourth-order valence-electron chi connectivity index (χ4n) is 2.23. The minimum absolute atomic E-state index is 0.117. The number of carbonyl (C=O) groups excluding carboxylic acids is 1. The van der Waals surface area contributed by atoms with Gasteiger partial charge in [0.25, 0.3) is 0 Å². The number of ether oxygens (including phenoxy) is 2. The number of benzene rings is 1. The van der Waals surface area contributed by atoms with Crippen LogP contribution < -0.4 is 14.8 Å². The molecule has 1 N–H and O–H groups in total. The minimum atomic E-state index is -0.173. The summed E-state index contributed by atoms with van der Waals surface area (Å²) in [5.41, 5.74) is 1.13. The van der Waals surface area contributed by atoms with Gasteiger partial charge in [0.15, 0.2) is 17.6 Å². The maximum Gasteiger partial charge on any atom is 0.317 e. The van der Waals surface area contributed by atoms with E-state index in [0.717, 1.165) is 17.1 Å². The molecule has 0 saturated carbocycles. The third-order valence-electron chi connectivity index (χ3n) is 3.40. The van der Waals surface area contributed by atoms with Crippen LogP contribution in [-0.4, -0.2) is 37.2 Å². The predicted octanol–water partition coefficient (Wildman–Crippen LogP) is 2.73. The van der Waals surface area contributed by atoms with E-state index in [-0.39, 0.29) is 12.1 Å². The number of carbonyl (C=O) groups is 1. The molecular formula is C16H18N2O3S. The molecule has 0 spiro atoms. The Morgan fingerprint density at radius 3 is 2.95 bits per heavy atom. The molecule has 0 radical (unpaired) electrons. The molecule has 0 bridgehead atoms. The van der Waals surface area contributed by atoms with E-state index in [1.807, 2.05) is 41.1 Å². The highest BCUT2D eigenvalue weighted by molar-refractivity contribution is 7.07. The lowest BCUT2D eigenvalue weighted by atomic mass is 10.2. The van der Waals surface area contributed by atoms with Crippen molar-refractivity contribution in [3.05, 3.63) is 46.7 Å². The molecule has 2 heterocycles. The number of nitrogens with one attached hydrogen (secondary N) is 1. The van der Waals surface area contributed by atoms with E-state index in [0.29, 0.717) is 19.7 Å². The molecule has 1 aromatic carbocycles. The average molecular weight is 318 g/mol. The zero-order valence-corrected chi connectivity index (χ0v) is 13.1. The molecule has 22 heavy (non-hydrogen) atoms. The van der Waals surface area contributed by atoms with E-state index in [4.69, 9.17) is 9.47 Å².